The standard InChI is InChI=1S/C11H9ClF3N3S/c12-8-5-7(11(13,14)15)6-18-10(8)17-2-1-9-16-3-4-19-9/h3-6H,1-2H2,(H,17,18). The lowest BCUT2D eigenvalue weighted by atomic mass is 10.3. The molecule has 0 atom stereocenters. The monoisotopic (exact) mass is 307 g/mol. The molecule has 0 bridgehead atoms. The second-order valence-corrected chi connectivity index (χ2v) is 5.04. The first-order valence-corrected chi connectivity index (χ1v) is 6.57. The molecule has 102 valence electrons. The van der Waals surface area contributed by atoms with Crippen molar-refractivity contribution in [3.8, 4) is 0 Å². The molecule has 0 saturated heterocycles. The number of pyridine rings is 1. The fourth-order valence-electron chi connectivity index (χ4n) is 1.39. The summed E-state index contributed by atoms with van der Waals surface area (Å²) in [6.45, 7) is 0.506. The lowest BCUT2D eigenvalue weighted by Gasteiger charge is -2.10. The van der Waals surface area contributed by atoms with Crippen molar-refractivity contribution in [1.29, 1.82) is 0 Å². The molecule has 0 aliphatic rings. The van der Waals surface area contributed by atoms with Gasteiger partial charge in [-0.3, -0.25) is 0 Å². The number of nitrogens with zero attached hydrogens (tertiary/aromatic N) is 2. The van der Waals surface area contributed by atoms with E-state index in [1.165, 1.54) is 11.3 Å². The number of rotatable bonds is 4. The van der Waals surface area contributed by atoms with E-state index in [-0.39, 0.29) is 10.8 Å². The van der Waals surface area contributed by atoms with Gasteiger partial charge in [0.2, 0.25) is 0 Å². The minimum absolute atomic E-state index is 0.0473. The number of anilines is 1. The van der Waals surface area contributed by atoms with Gasteiger partial charge in [0.05, 0.1) is 15.6 Å². The van der Waals surface area contributed by atoms with E-state index in [1.54, 1.807) is 6.20 Å². The minimum atomic E-state index is -4.43. The number of nitrogens with one attached hydrogen (secondary N) is 1. The van der Waals surface area contributed by atoms with Crippen molar-refractivity contribution >= 4 is 28.8 Å². The van der Waals surface area contributed by atoms with Crippen LogP contribution < -0.4 is 5.32 Å². The van der Waals surface area contributed by atoms with Gasteiger partial charge in [-0.2, -0.15) is 13.2 Å². The summed E-state index contributed by atoms with van der Waals surface area (Å²) in [4.78, 5) is 7.78. The van der Waals surface area contributed by atoms with Crippen molar-refractivity contribution in [2.45, 2.75) is 12.6 Å². The van der Waals surface area contributed by atoms with E-state index >= 15 is 0 Å². The van der Waals surface area contributed by atoms with Crippen molar-refractivity contribution in [3.05, 3.63) is 39.4 Å². The van der Waals surface area contributed by atoms with Crippen molar-refractivity contribution in [1.82, 2.24) is 9.97 Å². The predicted octanol–water partition coefficient (Wildman–Crippen LogP) is 3.86. The van der Waals surface area contributed by atoms with Crippen LogP contribution >= 0.6 is 22.9 Å². The summed E-state index contributed by atoms with van der Waals surface area (Å²) in [5, 5.41) is 5.64. The summed E-state index contributed by atoms with van der Waals surface area (Å²) >= 11 is 7.27. The van der Waals surface area contributed by atoms with Crippen LogP contribution in [0.5, 0.6) is 0 Å². The Bertz CT molecular complexity index is 543. The number of aromatic nitrogens is 2. The third kappa shape index (κ3) is 3.81. The average Bonchev–Trinajstić information content (AvgIpc) is 2.83. The summed E-state index contributed by atoms with van der Waals surface area (Å²) in [5.41, 5.74) is -0.858. The van der Waals surface area contributed by atoms with Gasteiger partial charge in [0.15, 0.2) is 0 Å². The molecule has 2 aromatic rings. The molecule has 0 saturated carbocycles. The van der Waals surface area contributed by atoms with Crippen LogP contribution in [0, 0.1) is 0 Å². The van der Waals surface area contributed by atoms with Crippen LogP contribution in [0.15, 0.2) is 23.8 Å². The van der Waals surface area contributed by atoms with E-state index in [9.17, 15) is 13.2 Å². The highest BCUT2D eigenvalue weighted by molar-refractivity contribution is 7.09. The molecule has 8 heteroatoms. The molecule has 2 heterocycles. The fourth-order valence-corrected chi connectivity index (χ4v) is 2.24. The van der Waals surface area contributed by atoms with Crippen LogP contribution in [-0.2, 0) is 12.6 Å². The zero-order valence-electron chi connectivity index (χ0n) is 9.54. The molecule has 2 rings (SSSR count). The molecule has 19 heavy (non-hydrogen) atoms. The summed E-state index contributed by atoms with van der Waals surface area (Å²) in [5.74, 6) is 0.242. The fraction of sp³-hybridized carbons (Fsp3) is 0.273. The largest absolute Gasteiger partial charge is 0.417 e. The quantitative estimate of drug-likeness (QED) is 0.932. The molecule has 0 aliphatic heterocycles. The number of hydrogen-bond acceptors (Lipinski definition) is 4. The lowest BCUT2D eigenvalue weighted by molar-refractivity contribution is -0.137. The number of alkyl halides is 3. The normalized spacial score (nSPS) is 11.6. The first-order valence-electron chi connectivity index (χ1n) is 5.32. The summed E-state index contributed by atoms with van der Waals surface area (Å²) in [7, 11) is 0. The van der Waals surface area contributed by atoms with Crippen molar-refractivity contribution in [2.75, 3.05) is 11.9 Å². The van der Waals surface area contributed by atoms with E-state index in [0.29, 0.717) is 13.0 Å². The van der Waals surface area contributed by atoms with Crippen LogP contribution in [0.3, 0.4) is 0 Å². The third-order valence-corrected chi connectivity index (χ3v) is 3.41. The first-order chi connectivity index (χ1) is 8.97. The Labute approximate surface area is 116 Å². The predicted molar refractivity (Wildman–Crippen MR) is 68.6 cm³/mol. The molecule has 1 N–H and O–H groups in total. The van der Waals surface area contributed by atoms with Gasteiger partial charge in [0, 0.05) is 30.7 Å². The number of hydrogen-bond donors (Lipinski definition) is 1. The molecule has 0 amide bonds. The summed E-state index contributed by atoms with van der Waals surface area (Å²) in [6, 6.07) is 0.861. The van der Waals surface area contributed by atoms with E-state index in [2.05, 4.69) is 15.3 Å². The van der Waals surface area contributed by atoms with Crippen LogP contribution in [0.4, 0.5) is 19.0 Å². The lowest BCUT2D eigenvalue weighted by Crippen LogP contribution is -2.09. The Hall–Kier alpha value is -1.34. The molecule has 2 aromatic heterocycles. The van der Waals surface area contributed by atoms with E-state index in [1.807, 2.05) is 5.38 Å². The highest BCUT2D eigenvalue weighted by Crippen LogP contribution is 2.32. The van der Waals surface area contributed by atoms with Crippen LogP contribution in [0.25, 0.3) is 0 Å². The van der Waals surface area contributed by atoms with Gasteiger partial charge < -0.3 is 5.32 Å². The third-order valence-electron chi connectivity index (χ3n) is 2.28. The highest BCUT2D eigenvalue weighted by Gasteiger charge is 2.31. The maximum absolute atomic E-state index is 12.4. The number of halogens is 4. The van der Waals surface area contributed by atoms with E-state index < -0.39 is 11.7 Å². The van der Waals surface area contributed by atoms with Crippen molar-refractivity contribution in [3.63, 3.8) is 0 Å². The molecule has 0 spiro atoms. The van der Waals surface area contributed by atoms with E-state index in [4.69, 9.17) is 11.6 Å². The second-order valence-electron chi connectivity index (χ2n) is 3.65. The molecule has 3 nitrogen and oxygen atoms in total. The summed E-state index contributed by atoms with van der Waals surface area (Å²) in [6.07, 6.45) is -1.31. The summed E-state index contributed by atoms with van der Waals surface area (Å²) < 4.78 is 37.2. The van der Waals surface area contributed by atoms with E-state index in [0.717, 1.165) is 17.3 Å². The minimum Gasteiger partial charge on any atom is -0.368 e. The number of thiazole rings is 1. The molecular weight excluding hydrogens is 299 g/mol. The Morgan fingerprint density at radius 2 is 2.11 bits per heavy atom. The van der Waals surface area contributed by atoms with Gasteiger partial charge in [-0.05, 0) is 6.07 Å². The van der Waals surface area contributed by atoms with Crippen LogP contribution in [-0.4, -0.2) is 16.5 Å². The Morgan fingerprint density at radius 1 is 1.32 bits per heavy atom. The van der Waals surface area contributed by atoms with Gasteiger partial charge in [-0.1, -0.05) is 11.6 Å². The Morgan fingerprint density at radius 3 is 2.68 bits per heavy atom. The second kappa shape index (κ2) is 5.75. The maximum atomic E-state index is 12.4. The topological polar surface area (TPSA) is 37.8 Å². The zero-order valence-corrected chi connectivity index (χ0v) is 11.1. The molecule has 0 unspecified atom stereocenters. The van der Waals surface area contributed by atoms with Gasteiger partial charge in [0.25, 0.3) is 0 Å². The Balaban J connectivity index is 1.97. The van der Waals surface area contributed by atoms with Crippen molar-refractivity contribution < 1.29 is 13.2 Å². The highest BCUT2D eigenvalue weighted by atomic mass is 35.5. The SMILES string of the molecule is FC(F)(F)c1cnc(NCCc2nccs2)c(Cl)c1. The average molecular weight is 308 g/mol. The van der Waals surface area contributed by atoms with Crippen molar-refractivity contribution in [2.24, 2.45) is 0 Å². The first kappa shape index (κ1) is 14.1. The van der Waals surface area contributed by atoms with Gasteiger partial charge >= 0.3 is 6.18 Å². The van der Waals surface area contributed by atoms with Gasteiger partial charge in [-0.25, -0.2) is 9.97 Å². The van der Waals surface area contributed by atoms with Gasteiger partial charge in [-0.15, -0.1) is 11.3 Å². The maximum Gasteiger partial charge on any atom is 0.417 e. The Kier molecular flexibility index (Phi) is 4.26. The molecule has 0 radical (unpaired) electrons. The van der Waals surface area contributed by atoms with Crippen LogP contribution in [0.1, 0.15) is 10.6 Å². The zero-order chi connectivity index (χ0) is 13.9. The molecular formula is C11H9ClF3N3S. The van der Waals surface area contributed by atoms with Gasteiger partial charge in [0.1, 0.15) is 5.82 Å². The molecule has 0 aliphatic carbocycles. The van der Waals surface area contributed by atoms with Crippen LogP contribution in [0.2, 0.25) is 5.02 Å². The molecule has 0 fully saturated rings. The smallest absolute Gasteiger partial charge is 0.368 e. The molecule has 0 aromatic carbocycles.